The summed E-state index contributed by atoms with van der Waals surface area (Å²) >= 11 is 5.26. The second kappa shape index (κ2) is 6.48. The van der Waals surface area contributed by atoms with Crippen molar-refractivity contribution in [2.45, 2.75) is 20.3 Å². The minimum Gasteiger partial charge on any atom is -0.332 e. The van der Waals surface area contributed by atoms with Crippen LogP contribution in [-0.2, 0) is 6.42 Å². The van der Waals surface area contributed by atoms with Crippen molar-refractivity contribution in [3.8, 4) is 0 Å². The van der Waals surface area contributed by atoms with Crippen LogP contribution in [0.3, 0.4) is 0 Å². The smallest absolute Gasteiger partial charge is 0.175 e. The molecular weight excluding hydrogens is 271 g/mol. The maximum absolute atomic E-state index is 13.2. The van der Waals surface area contributed by atoms with Crippen molar-refractivity contribution in [1.82, 2.24) is 0 Å². The van der Waals surface area contributed by atoms with E-state index < -0.39 is 0 Å². The van der Waals surface area contributed by atoms with E-state index in [4.69, 9.17) is 12.2 Å². The summed E-state index contributed by atoms with van der Waals surface area (Å²) in [6.45, 7) is 4.01. The first-order valence-electron chi connectivity index (χ1n) is 6.51. The molecule has 0 amide bonds. The molecule has 0 atom stereocenters. The van der Waals surface area contributed by atoms with Crippen LogP contribution in [0.4, 0.5) is 15.8 Å². The second-order valence-electron chi connectivity index (χ2n) is 4.59. The van der Waals surface area contributed by atoms with Gasteiger partial charge in [-0.25, -0.2) is 4.39 Å². The average Bonchev–Trinajstić information content (AvgIpc) is 2.43. The summed E-state index contributed by atoms with van der Waals surface area (Å²) in [5.41, 5.74) is 3.78. The maximum Gasteiger partial charge on any atom is 0.175 e. The third kappa shape index (κ3) is 3.78. The first-order valence-corrected chi connectivity index (χ1v) is 6.92. The van der Waals surface area contributed by atoms with Gasteiger partial charge in [0, 0.05) is 11.4 Å². The van der Waals surface area contributed by atoms with Gasteiger partial charge in [0.25, 0.3) is 0 Å². The van der Waals surface area contributed by atoms with Gasteiger partial charge in [0.05, 0.1) is 0 Å². The Morgan fingerprint density at radius 1 is 1.15 bits per heavy atom. The van der Waals surface area contributed by atoms with E-state index in [9.17, 15) is 4.39 Å². The number of hydrogen-bond donors (Lipinski definition) is 2. The average molecular weight is 288 g/mol. The molecule has 0 saturated heterocycles. The number of aryl methyl sites for hydroxylation is 2. The summed E-state index contributed by atoms with van der Waals surface area (Å²) in [6.07, 6.45) is 0.971. The maximum atomic E-state index is 13.2. The van der Waals surface area contributed by atoms with Crippen LogP contribution in [0.2, 0.25) is 0 Å². The van der Waals surface area contributed by atoms with Crippen LogP contribution in [0.5, 0.6) is 0 Å². The Balaban J connectivity index is 2.07. The van der Waals surface area contributed by atoms with E-state index in [1.54, 1.807) is 6.07 Å². The molecule has 20 heavy (non-hydrogen) atoms. The van der Waals surface area contributed by atoms with Crippen molar-refractivity contribution in [2.75, 3.05) is 10.6 Å². The molecular formula is C16H17FN2S. The molecule has 2 aromatic carbocycles. The molecule has 0 radical (unpaired) electrons. The van der Waals surface area contributed by atoms with Crippen molar-refractivity contribution < 1.29 is 4.39 Å². The highest BCUT2D eigenvalue weighted by atomic mass is 32.1. The molecule has 0 unspecified atom stereocenters. The normalized spacial score (nSPS) is 10.2. The fourth-order valence-corrected chi connectivity index (χ4v) is 2.11. The molecule has 2 nitrogen and oxygen atoms in total. The van der Waals surface area contributed by atoms with Crippen molar-refractivity contribution in [3.05, 3.63) is 59.4 Å². The number of anilines is 2. The molecule has 0 heterocycles. The summed E-state index contributed by atoms with van der Waals surface area (Å²) in [4.78, 5) is 0. The topological polar surface area (TPSA) is 24.1 Å². The Morgan fingerprint density at radius 3 is 2.70 bits per heavy atom. The van der Waals surface area contributed by atoms with Gasteiger partial charge in [0.15, 0.2) is 5.11 Å². The van der Waals surface area contributed by atoms with E-state index in [0.717, 1.165) is 17.7 Å². The Morgan fingerprint density at radius 2 is 1.95 bits per heavy atom. The number of nitrogens with one attached hydrogen (secondary N) is 2. The van der Waals surface area contributed by atoms with Crippen molar-refractivity contribution in [2.24, 2.45) is 0 Å². The molecule has 0 bridgehead atoms. The van der Waals surface area contributed by atoms with Crippen LogP contribution in [0, 0.1) is 12.7 Å². The minimum atomic E-state index is -0.283. The van der Waals surface area contributed by atoms with E-state index in [0.29, 0.717) is 10.8 Å². The highest BCUT2D eigenvalue weighted by molar-refractivity contribution is 7.80. The molecule has 0 aliphatic heterocycles. The second-order valence-corrected chi connectivity index (χ2v) is 5.00. The lowest BCUT2D eigenvalue weighted by molar-refractivity contribution is 0.628. The first kappa shape index (κ1) is 14.5. The third-order valence-electron chi connectivity index (χ3n) is 3.04. The van der Waals surface area contributed by atoms with Crippen molar-refractivity contribution in [1.29, 1.82) is 0 Å². The SMILES string of the molecule is CCc1cccc(NC(=S)Nc2cc(F)ccc2C)c1. The monoisotopic (exact) mass is 288 g/mol. The van der Waals surface area contributed by atoms with Crippen LogP contribution in [0.25, 0.3) is 0 Å². The number of thiocarbonyl (C=S) groups is 1. The quantitative estimate of drug-likeness (QED) is 0.813. The zero-order valence-electron chi connectivity index (χ0n) is 11.5. The molecule has 2 aromatic rings. The molecule has 0 aromatic heterocycles. The van der Waals surface area contributed by atoms with Crippen LogP contribution < -0.4 is 10.6 Å². The van der Waals surface area contributed by atoms with Gasteiger partial charge in [-0.3, -0.25) is 0 Å². The Hall–Kier alpha value is -1.94. The van der Waals surface area contributed by atoms with Gasteiger partial charge in [0.2, 0.25) is 0 Å². The molecule has 2 N–H and O–H groups in total. The van der Waals surface area contributed by atoms with Gasteiger partial charge in [-0.05, 0) is 61.0 Å². The first-order chi connectivity index (χ1) is 9.58. The van der Waals surface area contributed by atoms with Gasteiger partial charge in [0.1, 0.15) is 5.82 Å². The summed E-state index contributed by atoms with van der Waals surface area (Å²) in [5.74, 6) is -0.283. The van der Waals surface area contributed by atoms with E-state index >= 15 is 0 Å². The minimum absolute atomic E-state index is 0.283. The van der Waals surface area contributed by atoms with Crippen LogP contribution in [0.15, 0.2) is 42.5 Å². The van der Waals surface area contributed by atoms with E-state index in [1.807, 2.05) is 25.1 Å². The molecule has 0 aliphatic rings. The number of benzene rings is 2. The lowest BCUT2D eigenvalue weighted by Crippen LogP contribution is -2.19. The summed E-state index contributed by atoms with van der Waals surface area (Å²) in [6, 6.07) is 12.6. The largest absolute Gasteiger partial charge is 0.332 e. The predicted molar refractivity (Wildman–Crippen MR) is 86.8 cm³/mol. The van der Waals surface area contributed by atoms with Gasteiger partial charge < -0.3 is 10.6 Å². The summed E-state index contributed by atoms with van der Waals surface area (Å²) < 4.78 is 13.2. The molecule has 0 aliphatic carbocycles. The Labute approximate surface area is 124 Å². The highest BCUT2D eigenvalue weighted by Crippen LogP contribution is 2.17. The van der Waals surface area contributed by atoms with Crippen LogP contribution in [0.1, 0.15) is 18.1 Å². The van der Waals surface area contributed by atoms with Crippen molar-refractivity contribution >= 4 is 28.7 Å². The Bertz CT molecular complexity index is 626. The van der Waals surface area contributed by atoms with E-state index in [-0.39, 0.29) is 5.82 Å². The lowest BCUT2D eigenvalue weighted by atomic mass is 10.1. The highest BCUT2D eigenvalue weighted by Gasteiger charge is 2.03. The van der Waals surface area contributed by atoms with E-state index in [1.165, 1.54) is 17.7 Å². The van der Waals surface area contributed by atoms with Gasteiger partial charge in [-0.15, -0.1) is 0 Å². The molecule has 0 saturated carbocycles. The fraction of sp³-hybridized carbons (Fsp3) is 0.188. The Kier molecular flexibility index (Phi) is 4.69. The van der Waals surface area contributed by atoms with Crippen molar-refractivity contribution in [3.63, 3.8) is 0 Å². The fourth-order valence-electron chi connectivity index (χ4n) is 1.88. The van der Waals surface area contributed by atoms with E-state index in [2.05, 4.69) is 23.6 Å². The van der Waals surface area contributed by atoms with Gasteiger partial charge in [-0.2, -0.15) is 0 Å². The zero-order valence-corrected chi connectivity index (χ0v) is 12.4. The summed E-state index contributed by atoms with van der Waals surface area (Å²) in [7, 11) is 0. The zero-order chi connectivity index (χ0) is 14.5. The third-order valence-corrected chi connectivity index (χ3v) is 3.25. The van der Waals surface area contributed by atoms with Gasteiger partial charge in [-0.1, -0.05) is 25.1 Å². The van der Waals surface area contributed by atoms with Gasteiger partial charge >= 0.3 is 0 Å². The number of hydrogen-bond acceptors (Lipinski definition) is 1. The molecule has 104 valence electrons. The lowest BCUT2D eigenvalue weighted by Gasteiger charge is -2.13. The summed E-state index contributed by atoms with van der Waals surface area (Å²) in [5, 5.41) is 6.58. The molecule has 0 spiro atoms. The number of halogens is 1. The predicted octanol–water partition coefficient (Wildman–Crippen LogP) is 4.51. The molecule has 4 heteroatoms. The standard InChI is InChI=1S/C16H17FN2S/c1-3-12-5-4-6-14(9-12)18-16(20)19-15-10-13(17)8-7-11(15)2/h4-10H,3H2,1-2H3,(H2,18,19,20). The van der Waals surface area contributed by atoms with Crippen LogP contribution in [-0.4, -0.2) is 5.11 Å². The number of rotatable bonds is 3. The molecule has 2 rings (SSSR count). The van der Waals surface area contributed by atoms with Crippen LogP contribution >= 0.6 is 12.2 Å². The molecule has 0 fully saturated rings.